The summed E-state index contributed by atoms with van der Waals surface area (Å²) in [5.41, 5.74) is 4.18. The van der Waals surface area contributed by atoms with Crippen LogP contribution in [0.25, 0.3) is 0 Å². The van der Waals surface area contributed by atoms with Crippen molar-refractivity contribution in [2.75, 3.05) is 24.2 Å². The second-order valence-electron chi connectivity index (χ2n) is 8.10. The molecule has 0 saturated heterocycles. The predicted octanol–water partition coefficient (Wildman–Crippen LogP) is 4.73. The maximum absolute atomic E-state index is 12.8. The van der Waals surface area contributed by atoms with Gasteiger partial charge in [0.15, 0.2) is 0 Å². The van der Waals surface area contributed by atoms with Gasteiger partial charge in [-0.05, 0) is 73.2 Å². The van der Waals surface area contributed by atoms with Crippen LogP contribution >= 0.6 is 11.6 Å². The Balaban J connectivity index is 2.27. The van der Waals surface area contributed by atoms with E-state index in [0.29, 0.717) is 10.7 Å². The number of halogens is 1. The van der Waals surface area contributed by atoms with Crippen molar-refractivity contribution < 1.29 is 17.9 Å². The summed E-state index contributed by atoms with van der Waals surface area (Å²) in [5.74, 6) is 0.662. The largest absolute Gasteiger partial charge is 0.496 e. The molecule has 0 fully saturated rings. The van der Waals surface area contributed by atoms with Crippen LogP contribution < -0.4 is 14.4 Å². The highest BCUT2D eigenvalue weighted by Crippen LogP contribution is 2.32. The van der Waals surface area contributed by atoms with E-state index < -0.39 is 15.9 Å². The summed E-state index contributed by atoms with van der Waals surface area (Å²) in [4.78, 5) is 12.8. The number of nitrogens with one attached hydrogen (secondary N) is 1. The molecule has 0 aromatic heterocycles. The van der Waals surface area contributed by atoms with Crippen LogP contribution in [0.5, 0.6) is 5.75 Å². The fraction of sp³-hybridized carbons (Fsp3) is 0.435. The van der Waals surface area contributed by atoms with Gasteiger partial charge in [0.05, 0.1) is 25.1 Å². The van der Waals surface area contributed by atoms with Gasteiger partial charge in [0.1, 0.15) is 12.3 Å². The van der Waals surface area contributed by atoms with E-state index in [1.807, 2.05) is 32.9 Å². The highest BCUT2D eigenvalue weighted by atomic mass is 35.5. The number of rotatable bonds is 8. The molecule has 2 rings (SSSR count). The minimum Gasteiger partial charge on any atom is -0.496 e. The maximum Gasteiger partial charge on any atom is 0.241 e. The molecule has 8 heteroatoms. The third kappa shape index (κ3) is 6.14. The smallest absolute Gasteiger partial charge is 0.241 e. The third-order valence-corrected chi connectivity index (χ3v) is 6.76. The van der Waals surface area contributed by atoms with Gasteiger partial charge in [-0.25, -0.2) is 8.42 Å². The molecular weight excluding hydrogens is 436 g/mol. The SMILES string of the molecule is COc1cc(C)c([C@@H](C)NC(=O)CN(c2ccc(C)c(Cl)c2)S(C)(=O)=O)cc1C(C)C. The molecule has 1 amide bonds. The van der Waals surface area contributed by atoms with E-state index in [1.165, 1.54) is 0 Å². The zero-order valence-electron chi connectivity index (χ0n) is 19.1. The van der Waals surface area contributed by atoms with Gasteiger partial charge in [0, 0.05) is 5.02 Å². The van der Waals surface area contributed by atoms with Crippen LogP contribution in [0.4, 0.5) is 5.69 Å². The van der Waals surface area contributed by atoms with E-state index in [0.717, 1.165) is 38.6 Å². The number of hydrogen-bond acceptors (Lipinski definition) is 4. The molecule has 0 unspecified atom stereocenters. The van der Waals surface area contributed by atoms with Crippen LogP contribution in [0, 0.1) is 13.8 Å². The van der Waals surface area contributed by atoms with E-state index in [9.17, 15) is 13.2 Å². The molecule has 0 spiro atoms. The zero-order valence-corrected chi connectivity index (χ0v) is 20.7. The number of ether oxygens (including phenoxy) is 1. The van der Waals surface area contributed by atoms with E-state index in [2.05, 4.69) is 19.2 Å². The van der Waals surface area contributed by atoms with Gasteiger partial charge >= 0.3 is 0 Å². The van der Waals surface area contributed by atoms with Crippen LogP contribution in [-0.4, -0.2) is 34.2 Å². The first kappa shape index (κ1) is 25.0. The Morgan fingerprint density at radius 2 is 1.74 bits per heavy atom. The maximum atomic E-state index is 12.8. The van der Waals surface area contributed by atoms with Gasteiger partial charge in [0.25, 0.3) is 0 Å². The molecule has 0 aliphatic carbocycles. The molecule has 0 aliphatic rings. The van der Waals surface area contributed by atoms with Crippen LogP contribution in [0.1, 0.15) is 55.0 Å². The summed E-state index contributed by atoms with van der Waals surface area (Å²) >= 11 is 6.16. The predicted molar refractivity (Wildman–Crippen MR) is 127 cm³/mol. The molecule has 1 atom stereocenters. The van der Waals surface area contributed by atoms with Crippen molar-refractivity contribution in [1.82, 2.24) is 5.32 Å². The number of methoxy groups -OCH3 is 1. The number of nitrogens with zero attached hydrogens (tertiary/aromatic N) is 1. The van der Waals surface area contributed by atoms with Crippen molar-refractivity contribution in [1.29, 1.82) is 0 Å². The molecule has 0 heterocycles. The summed E-state index contributed by atoms with van der Waals surface area (Å²) < 4.78 is 31.3. The molecule has 0 saturated carbocycles. The fourth-order valence-corrected chi connectivity index (χ4v) is 4.47. The highest BCUT2D eigenvalue weighted by Gasteiger charge is 2.23. The summed E-state index contributed by atoms with van der Waals surface area (Å²) in [6, 6.07) is 8.62. The van der Waals surface area contributed by atoms with E-state index >= 15 is 0 Å². The van der Waals surface area contributed by atoms with E-state index in [4.69, 9.17) is 16.3 Å². The number of sulfonamides is 1. The summed E-state index contributed by atoms with van der Waals surface area (Å²) in [7, 11) is -2.04. The zero-order chi connectivity index (χ0) is 23.5. The number of carbonyl (C=O) groups excluding carboxylic acids is 1. The Morgan fingerprint density at radius 3 is 2.26 bits per heavy atom. The molecule has 0 radical (unpaired) electrons. The molecule has 31 heavy (non-hydrogen) atoms. The minimum atomic E-state index is -3.68. The van der Waals surface area contributed by atoms with Crippen LogP contribution in [0.3, 0.4) is 0 Å². The number of aryl methyl sites for hydroxylation is 2. The average molecular weight is 467 g/mol. The Morgan fingerprint density at radius 1 is 1.10 bits per heavy atom. The number of amides is 1. The van der Waals surface area contributed by atoms with Crippen LogP contribution in [0.2, 0.25) is 5.02 Å². The minimum absolute atomic E-state index is 0.254. The van der Waals surface area contributed by atoms with Gasteiger partial charge in [-0.2, -0.15) is 0 Å². The van der Waals surface area contributed by atoms with Gasteiger partial charge in [-0.1, -0.05) is 31.5 Å². The summed E-state index contributed by atoms with van der Waals surface area (Å²) in [6.45, 7) is 9.49. The van der Waals surface area contributed by atoms with Gasteiger partial charge in [-0.3, -0.25) is 9.10 Å². The molecule has 0 bridgehead atoms. The lowest BCUT2D eigenvalue weighted by atomic mass is 9.93. The topological polar surface area (TPSA) is 75.7 Å². The second kappa shape index (κ2) is 9.92. The Labute approximate surface area is 190 Å². The van der Waals surface area contributed by atoms with Gasteiger partial charge in [-0.15, -0.1) is 0 Å². The second-order valence-corrected chi connectivity index (χ2v) is 10.4. The Hall–Kier alpha value is -2.25. The number of carbonyl (C=O) groups is 1. The van der Waals surface area contributed by atoms with Gasteiger partial charge in [0.2, 0.25) is 15.9 Å². The first-order valence-electron chi connectivity index (χ1n) is 10.1. The lowest BCUT2D eigenvalue weighted by Crippen LogP contribution is -2.41. The molecular formula is C23H31ClN2O4S. The van der Waals surface area contributed by atoms with E-state index in [1.54, 1.807) is 25.3 Å². The quantitative estimate of drug-likeness (QED) is 0.610. The number of anilines is 1. The van der Waals surface area contributed by atoms with Crippen molar-refractivity contribution in [3.8, 4) is 5.75 Å². The molecule has 170 valence electrons. The Bertz CT molecular complexity index is 1070. The normalized spacial score (nSPS) is 12.5. The molecule has 1 N–H and O–H groups in total. The lowest BCUT2D eigenvalue weighted by molar-refractivity contribution is -0.120. The molecule has 2 aromatic carbocycles. The van der Waals surface area contributed by atoms with Crippen LogP contribution in [0.15, 0.2) is 30.3 Å². The standard InChI is InChI=1S/C23H31ClN2O4S/c1-14(2)19-12-20(16(4)10-22(19)30-6)17(5)25-23(27)13-26(31(7,28)29)18-9-8-15(3)21(24)11-18/h8-12,14,17H,13H2,1-7H3,(H,25,27)/t17-/m1/s1. The highest BCUT2D eigenvalue weighted by molar-refractivity contribution is 7.92. The van der Waals surface area contributed by atoms with Crippen molar-refractivity contribution in [2.45, 2.75) is 46.6 Å². The van der Waals surface area contributed by atoms with Crippen molar-refractivity contribution in [3.63, 3.8) is 0 Å². The monoisotopic (exact) mass is 466 g/mol. The summed E-state index contributed by atoms with van der Waals surface area (Å²) in [5, 5.41) is 3.36. The first-order valence-corrected chi connectivity index (χ1v) is 12.3. The fourth-order valence-electron chi connectivity index (χ4n) is 3.44. The van der Waals surface area contributed by atoms with Gasteiger partial charge < -0.3 is 10.1 Å². The van der Waals surface area contributed by atoms with E-state index in [-0.39, 0.29) is 18.5 Å². The molecule has 0 aliphatic heterocycles. The number of benzene rings is 2. The lowest BCUT2D eigenvalue weighted by Gasteiger charge is -2.25. The van der Waals surface area contributed by atoms with Crippen LogP contribution in [-0.2, 0) is 14.8 Å². The molecule has 6 nitrogen and oxygen atoms in total. The molecule has 2 aromatic rings. The Kier molecular flexibility index (Phi) is 8.00. The number of hydrogen-bond donors (Lipinski definition) is 1. The average Bonchev–Trinajstić information content (AvgIpc) is 2.66. The summed E-state index contributed by atoms with van der Waals surface area (Å²) in [6.07, 6.45) is 1.07. The van der Waals surface area contributed by atoms with Crippen molar-refractivity contribution in [3.05, 3.63) is 57.6 Å². The first-order chi connectivity index (χ1) is 14.3. The third-order valence-electron chi connectivity index (χ3n) is 5.22. The van der Waals surface area contributed by atoms with Crippen molar-refractivity contribution in [2.24, 2.45) is 0 Å². The van der Waals surface area contributed by atoms with Crippen molar-refractivity contribution >= 4 is 33.2 Å².